The van der Waals surface area contributed by atoms with Gasteiger partial charge >= 0.3 is 0 Å². The van der Waals surface area contributed by atoms with Crippen LogP contribution in [0.4, 0.5) is 5.82 Å². The van der Waals surface area contributed by atoms with Crippen molar-refractivity contribution >= 4 is 11.7 Å². The zero-order valence-electron chi connectivity index (χ0n) is 13.7. The molecule has 1 fully saturated rings. The van der Waals surface area contributed by atoms with Crippen LogP contribution in [0.3, 0.4) is 0 Å². The number of aromatic nitrogens is 2. The highest BCUT2D eigenvalue weighted by Gasteiger charge is 2.21. The Morgan fingerprint density at radius 1 is 1.45 bits per heavy atom. The quantitative estimate of drug-likeness (QED) is 0.743. The predicted octanol–water partition coefficient (Wildman–Crippen LogP) is 0.389. The van der Waals surface area contributed by atoms with Crippen LogP contribution in [0.25, 0.3) is 0 Å². The van der Waals surface area contributed by atoms with Crippen LogP contribution in [0.5, 0.6) is 0 Å². The number of ether oxygens (including phenoxy) is 1. The number of amides is 1. The van der Waals surface area contributed by atoms with Crippen molar-refractivity contribution in [2.24, 2.45) is 0 Å². The van der Waals surface area contributed by atoms with Crippen molar-refractivity contribution in [3.8, 4) is 0 Å². The number of hydrogen-bond acceptors (Lipinski definition) is 5. The lowest BCUT2D eigenvalue weighted by Gasteiger charge is -2.35. The summed E-state index contributed by atoms with van der Waals surface area (Å²) in [6.45, 7) is 9.78. The smallest absolute Gasteiger partial charge is 0.241 e. The Kier molecular flexibility index (Phi) is 5.79. The summed E-state index contributed by atoms with van der Waals surface area (Å²) in [5.74, 6) is 0.461. The second-order valence-electron chi connectivity index (χ2n) is 6.09. The van der Waals surface area contributed by atoms with E-state index in [1.54, 1.807) is 6.07 Å². The first-order valence-corrected chi connectivity index (χ1v) is 7.88. The fourth-order valence-corrected chi connectivity index (χ4v) is 2.88. The Balaban J connectivity index is 1.64. The molecule has 7 nitrogen and oxygen atoms in total. The molecule has 0 spiro atoms. The third kappa shape index (κ3) is 4.99. The van der Waals surface area contributed by atoms with E-state index >= 15 is 0 Å². The molecule has 1 aliphatic rings. The normalized spacial score (nSPS) is 22.7. The fourth-order valence-electron chi connectivity index (χ4n) is 2.88. The molecule has 2 rings (SSSR count). The van der Waals surface area contributed by atoms with Gasteiger partial charge in [-0.1, -0.05) is 0 Å². The number of nitrogens with two attached hydrogens (primary N) is 1. The Morgan fingerprint density at radius 2 is 2.14 bits per heavy atom. The van der Waals surface area contributed by atoms with Crippen molar-refractivity contribution in [3.63, 3.8) is 0 Å². The first-order chi connectivity index (χ1) is 10.4. The molecule has 1 amide bonds. The molecule has 1 aromatic rings. The van der Waals surface area contributed by atoms with Gasteiger partial charge in [0.2, 0.25) is 5.91 Å². The molecule has 124 valence electrons. The summed E-state index contributed by atoms with van der Waals surface area (Å²) in [4.78, 5) is 14.3. The summed E-state index contributed by atoms with van der Waals surface area (Å²) in [5, 5.41) is 7.09. The lowest BCUT2D eigenvalue weighted by Crippen LogP contribution is -2.46. The Labute approximate surface area is 131 Å². The molecule has 0 unspecified atom stereocenters. The van der Waals surface area contributed by atoms with Crippen LogP contribution >= 0.6 is 0 Å². The van der Waals surface area contributed by atoms with E-state index in [2.05, 4.69) is 29.2 Å². The van der Waals surface area contributed by atoms with E-state index in [9.17, 15) is 4.79 Å². The summed E-state index contributed by atoms with van der Waals surface area (Å²) < 4.78 is 7.23. The number of nitrogens with one attached hydrogen (secondary N) is 1. The van der Waals surface area contributed by atoms with Crippen molar-refractivity contribution < 1.29 is 9.53 Å². The zero-order valence-corrected chi connectivity index (χ0v) is 13.7. The number of nitrogens with zero attached hydrogens (tertiary/aromatic N) is 3. The van der Waals surface area contributed by atoms with Gasteiger partial charge in [-0.25, -0.2) is 4.68 Å². The molecule has 0 aliphatic carbocycles. The maximum atomic E-state index is 11.9. The monoisotopic (exact) mass is 309 g/mol. The van der Waals surface area contributed by atoms with Crippen LogP contribution in [0.15, 0.2) is 6.07 Å². The molecule has 1 saturated heterocycles. The second kappa shape index (κ2) is 7.60. The van der Waals surface area contributed by atoms with E-state index < -0.39 is 0 Å². The van der Waals surface area contributed by atoms with Crippen molar-refractivity contribution in [2.75, 3.05) is 31.9 Å². The van der Waals surface area contributed by atoms with Crippen molar-refractivity contribution in [1.82, 2.24) is 20.0 Å². The highest BCUT2D eigenvalue weighted by atomic mass is 16.5. The lowest BCUT2D eigenvalue weighted by molar-refractivity contribution is -0.121. The minimum absolute atomic E-state index is 0.0569. The van der Waals surface area contributed by atoms with E-state index in [0.717, 1.165) is 31.7 Å². The summed E-state index contributed by atoms with van der Waals surface area (Å²) in [6.07, 6.45) is 1.49. The number of anilines is 1. The maximum Gasteiger partial charge on any atom is 0.241 e. The van der Waals surface area contributed by atoms with Crippen LogP contribution in [0.1, 0.15) is 26.0 Å². The average Bonchev–Trinajstić information content (AvgIpc) is 2.72. The topological polar surface area (TPSA) is 85.4 Å². The molecule has 0 saturated carbocycles. The van der Waals surface area contributed by atoms with E-state index in [4.69, 9.17) is 10.5 Å². The predicted molar refractivity (Wildman–Crippen MR) is 85.5 cm³/mol. The fraction of sp³-hybridized carbons (Fsp3) is 0.733. The van der Waals surface area contributed by atoms with Gasteiger partial charge in [-0.2, -0.15) is 5.10 Å². The summed E-state index contributed by atoms with van der Waals surface area (Å²) in [5.41, 5.74) is 6.59. The SMILES string of the molecule is Cc1cc(N)n(CC(=O)NCCCN2C[C@@H](C)O[C@@H](C)C2)n1. The first kappa shape index (κ1) is 16.8. The molecule has 0 bridgehead atoms. The Morgan fingerprint density at radius 3 is 2.73 bits per heavy atom. The van der Waals surface area contributed by atoms with Crippen LogP contribution < -0.4 is 11.1 Å². The van der Waals surface area contributed by atoms with Crippen molar-refractivity contribution in [1.29, 1.82) is 0 Å². The van der Waals surface area contributed by atoms with Gasteiger partial charge in [0.1, 0.15) is 12.4 Å². The molecule has 2 heterocycles. The zero-order chi connectivity index (χ0) is 16.1. The van der Waals surface area contributed by atoms with Gasteiger partial charge < -0.3 is 15.8 Å². The molecule has 22 heavy (non-hydrogen) atoms. The van der Waals surface area contributed by atoms with Gasteiger partial charge in [0.15, 0.2) is 0 Å². The van der Waals surface area contributed by atoms with E-state index in [-0.39, 0.29) is 24.7 Å². The van der Waals surface area contributed by atoms with Gasteiger partial charge in [-0.05, 0) is 27.2 Å². The number of aryl methyl sites for hydroxylation is 1. The minimum Gasteiger partial charge on any atom is -0.384 e. The average molecular weight is 309 g/mol. The van der Waals surface area contributed by atoms with Crippen LogP contribution in [0.2, 0.25) is 0 Å². The van der Waals surface area contributed by atoms with Crippen LogP contribution in [-0.2, 0) is 16.1 Å². The van der Waals surface area contributed by atoms with Gasteiger partial charge in [0.05, 0.1) is 17.9 Å². The maximum absolute atomic E-state index is 11.9. The van der Waals surface area contributed by atoms with Crippen LogP contribution in [0, 0.1) is 6.92 Å². The number of carbonyl (C=O) groups is 1. The highest BCUT2D eigenvalue weighted by molar-refractivity contribution is 5.76. The molecule has 7 heteroatoms. The second-order valence-corrected chi connectivity index (χ2v) is 6.09. The number of morpholine rings is 1. The largest absolute Gasteiger partial charge is 0.384 e. The highest BCUT2D eigenvalue weighted by Crippen LogP contribution is 2.10. The summed E-state index contributed by atoms with van der Waals surface area (Å²) in [7, 11) is 0. The van der Waals surface area contributed by atoms with Gasteiger partial charge in [0, 0.05) is 32.2 Å². The molecular weight excluding hydrogens is 282 g/mol. The Bertz CT molecular complexity index is 492. The molecule has 1 aromatic heterocycles. The summed E-state index contributed by atoms with van der Waals surface area (Å²) >= 11 is 0. The van der Waals surface area contributed by atoms with Crippen LogP contribution in [-0.4, -0.2) is 59.0 Å². The minimum atomic E-state index is -0.0569. The third-order valence-electron chi connectivity index (χ3n) is 3.70. The van der Waals surface area contributed by atoms with Gasteiger partial charge in [-0.3, -0.25) is 9.69 Å². The van der Waals surface area contributed by atoms with E-state index in [1.807, 2.05) is 6.92 Å². The molecular formula is C15H27N5O2. The van der Waals surface area contributed by atoms with Gasteiger partial charge in [-0.15, -0.1) is 0 Å². The molecule has 0 radical (unpaired) electrons. The van der Waals surface area contributed by atoms with E-state index in [0.29, 0.717) is 12.4 Å². The molecule has 1 aliphatic heterocycles. The number of hydrogen-bond donors (Lipinski definition) is 2. The van der Waals surface area contributed by atoms with Crippen molar-refractivity contribution in [2.45, 2.75) is 45.9 Å². The number of rotatable bonds is 6. The first-order valence-electron chi connectivity index (χ1n) is 7.88. The molecule has 2 atom stereocenters. The number of carbonyl (C=O) groups excluding carboxylic acids is 1. The summed E-state index contributed by atoms with van der Waals surface area (Å²) in [6, 6.07) is 1.76. The van der Waals surface area contributed by atoms with Crippen molar-refractivity contribution in [3.05, 3.63) is 11.8 Å². The standard InChI is InChI=1S/C15H27N5O2/c1-11-7-14(16)20(18-11)10-15(21)17-5-4-6-19-8-12(2)22-13(3)9-19/h7,12-13H,4-6,8-10,16H2,1-3H3,(H,17,21)/t12-,13+. The lowest BCUT2D eigenvalue weighted by atomic mass is 10.2. The van der Waals surface area contributed by atoms with Gasteiger partial charge in [0.25, 0.3) is 0 Å². The van der Waals surface area contributed by atoms with E-state index in [1.165, 1.54) is 4.68 Å². The number of nitrogen functional groups attached to an aromatic ring is 1. The molecule has 3 N–H and O–H groups in total. The molecule has 0 aromatic carbocycles. The third-order valence-corrected chi connectivity index (χ3v) is 3.70. The Hall–Kier alpha value is -1.60.